The Bertz CT molecular complexity index is 421. The van der Waals surface area contributed by atoms with Crippen LogP contribution < -0.4 is 0 Å². The van der Waals surface area contributed by atoms with Crippen molar-refractivity contribution in [2.24, 2.45) is 5.92 Å². The van der Waals surface area contributed by atoms with E-state index < -0.39 is 0 Å². The fourth-order valence-corrected chi connectivity index (χ4v) is 3.72. The predicted molar refractivity (Wildman–Crippen MR) is 66.7 cm³/mol. The van der Waals surface area contributed by atoms with Crippen molar-refractivity contribution in [2.45, 2.75) is 57.2 Å². The topological polar surface area (TPSA) is 26.3 Å². The molecular weight excluding hydrogens is 212 g/mol. The van der Waals surface area contributed by atoms with Crippen molar-refractivity contribution in [1.82, 2.24) is 0 Å². The Morgan fingerprint density at radius 3 is 3.00 bits per heavy atom. The summed E-state index contributed by atoms with van der Waals surface area (Å²) in [6.07, 6.45) is 11.2. The van der Waals surface area contributed by atoms with E-state index in [0.717, 1.165) is 31.3 Å². The van der Waals surface area contributed by atoms with Gasteiger partial charge in [-0.05, 0) is 33.1 Å². The normalized spacial score (nSPS) is 44.9. The van der Waals surface area contributed by atoms with Gasteiger partial charge in [0.1, 0.15) is 0 Å². The van der Waals surface area contributed by atoms with Crippen LogP contribution in [0.3, 0.4) is 0 Å². The van der Waals surface area contributed by atoms with Gasteiger partial charge in [-0.25, -0.2) is 0 Å². The molecule has 17 heavy (non-hydrogen) atoms. The molecule has 2 fully saturated rings. The highest BCUT2D eigenvalue weighted by atomic mass is 16.5. The first-order valence-corrected chi connectivity index (χ1v) is 6.67. The van der Waals surface area contributed by atoms with E-state index in [0.29, 0.717) is 5.78 Å². The third-order valence-electron chi connectivity index (χ3n) is 4.67. The molecule has 92 valence electrons. The summed E-state index contributed by atoms with van der Waals surface area (Å²) in [5.74, 6) is 0.423. The van der Waals surface area contributed by atoms with Gasteiger partial charge in [-0.1, -0.05) is 31.1 Å². The van der Waals surface area contributed by atoms with E-state index in [-0.39, 0.29) is 17.1 Å². The van der Waals surface area contributed by atoms with Crippen molar-refractivity contribution in [1.29, 1.82) is 0 Å². The molecule has 0 spiro atoms. The number of fused-ring (bicyclic) bond motifs is 2. The molecule has 1 aliphatic heterocycles. The highest BCUT2D eigenvalue weighted by molar-refractivity contribution is 6.01. The number of ketones is 1. The number of Topliss-reactive ketones (excluding diaryl/α,β-unsaturated/α-hetero) is 1. The molecule has 0 bridgehead atoms. The third kappa shape index (κ3) is 1.54. The molecule has 0 aromatic carbocycles. The highest BCUT2D eigenvalue weighted by Gasteiger charge is 2.54. The van der Waals surface area contributed by atoms with Gasteiger partial charge >= 0.3 is 0 Å². The summed E-state index contributed by atoms with van der Waals surface area (Å²) in [5, 5.41) is 0. The van der Waals surface area contributed by atoms with Gasteiger partial charge in [0.05, 0.1) is 17.1 Å². The zero-order chi connectivity index (χ0) is 12.1. The van der Waals surface area contributed by atoms with E-state index in [9.17, 15) is 4.79 Å². The quantitative estimate of drug-likeness (QED) is 0.641. The van der Waals surface area contributed by atoms with Crippen molar-refractivity contribution < 1.29 is 9.53 Å². The molecule has 1 saturated heterocycles. The van der Waals surface area contributed by atoms with E-state index in [4.69, 9.17) is 4.74 Å². The van der Waals surface area contributed by atoms with Crippen molar-refractivity contribution in [3.05, 3.63) is 23.8 Å². The van der Waals surface area contributed by atoms with E-state index in [2.05, 4.69) is 19.9 Å². The Morgan fingerprint density at radius 1 is 1.35 bits per heavy atom. The average Bonchev–Trinajstić information content (AvgIpc) is 2.27. The van der Waals surface area contributed by atoms with Crippen molar-refractivity contribution in [3.63, 3.8) is 0 Å². The number of ether oxygens (including phenoxy) is 1. The fraction of sp³-hybridized carbons (Fsp3) is 0.667. The SMILES string of the molecule is CC12CC=CC=C1C(=O)C1CCCCC1(C)O2. The Balaban J connectivity index is 2.03. The molecule has 0 aromatic rings. The molecular formula is C15H20O2. The second kappa shape index (κ2) is 3.55. The minimum atomic E-state index is -0.381. The molecule has 3 aliphatic rings. The van der Waals surface area contributed by atoms with Gasteiger partial charge in [0.2, 0.25) is 0 Å². The van der Waals surface area contributed by atoms with Crippen LogP contribution in [0.15, 0.2) is 23.8 Å². The van der Waals surface area contributed by atoms with Crippen LogP contribution >= 0.6 is 0 Å². The first-order valence-electron chi connectivity index (χ1n) is 6.67. The molecule has 2 aliphatic carbocycles. The maximum atomic E-state index is 12.6. The van der Waals surface area contributed by atoms with Gasteiger partial charge < -0.3 is 4.74 Å². The smallest absolute Gasteiger partial charge is 0.167 e. The van der Waals surface area contributed by atoms with Gasteiger partial charge in [-0.15, -0.1) is 0 Å². The number of hydrogen-bond acceptors (Lipinski definition) is 2. The molecule has 2 nitrogen and oxygen atoms in total. The Kier molecular flexibility index (Phi) is 2.34. The van der Waals surface area contributed by atoms with E-state index in [1.54, 1.807) is 0 Å². The summed E-state index contributed by atoms with van der Waals surface area (Å²) in [4.78, 5) is 12.6. The molecule has 3 unspecified atom stereocenters. The van der Waals surface area contributed by atoms with Gasteiger partial charge in [0.25, 0.3) is 0 Å². The number of carbonyl (C=O) groups excluding carboxylic acids is 1. The van der Waals surface area contributed by atoms with E-state index in [1.165, 1.54) is 6.42 Å². The fourth-order valence-electron chi connectivity index (χ4n) is 3.72. The highest BCUT2D eigenvalue weighted by Crippen LogP contribution is 2.49. The summed E-state index contributed by atoms with van der Waals surface area (Å²) in [5.41, 5.74) is 0.283. The molecule has 0 radical (unpaired) electrons. The van der Waals surface area contributed by atoms with Gasteiger partial charge in [-0.2, -0.15) is 0 Å². The van der Waals surface area contributed by atoms with Crippen molar-refractivity contribution in [3.8, 4) is 0 Å². The van der Waals surface area contributed by atoms with Crippen LogP contribution in [0, 0.1) is 5.92 Å². The lowest BCUT2D eigenvalue weighted by Crippen LogP contribution is -2.58. The van der Waals surface area contributed by atoms with Crippen molar-refractivity contribution >= 4 is 5.78 Å². The van der Waals surface area contributed by atoms with Crippen LogP contribution in [0.4, 0.5) is 0 Å². The first kappa shape index (κ1) is 11.2. The number of rotatable bonds is 0. The second-order valence-electron chi connectivity index (χ2n) is 6.02. The average molecular weight is 232 g/mol. The first-order chi connectivity index (χ1) is 8.05. The summed E-state index contributed by atoms with van der Waals surface area (Å²) in [7, 11) is 0. The third-order valence-corrected chi connectivity index (χ3v) is 4.67. The standard InChI is InChI=1S/C15H20O2/c1-14-9-5-3-7-11(14)13(16)12-8-4-6-10-15(12,2)17-14/h3,5,7,12H,4,6,8-10H2,1-2H3. The van der Waals surface area contributed by atoms with Crippen LogP contribution in [-0.4, -0.2) is 17.0 Å². The lowest BCUT2D eigenvalue weighted by atomic mass is 9.66. The minimum Gasteiger partial charge on any atom is -0.363 e. The Labute approximate surface area is 103 Å². The molecule has 0 amide bonds. The second-order valence-corrected chi connectivity index (χ2v) is 6.02. The molecule has 1 heterocycles. The maximum absolute atomic E-state index is 12.6. The Morgan fingerprint density at radius 2 is 2.18 bits per heavy atom. The van der Waals surface area contributed by atoms with Crippen LogP contribution in [0.5, 0.6) is 0 Å². The lowest BCUT2D eigenvalue weighted by molar-refractivity contribution is -0.189. The molecule has 3 atom stereocenters. The minimum absolute atomic E-state index is 0.0853. The van der Waals surface area contributed by atoms with Gasteiger partial charge in [0.15, 0.2) is 5.78 Å². The summed E-state index contributed by atoms with van der Waals surface area (Å²) in [6.45, 7) is 4.20. The zero-order valence-electron chi connectivity index (χ0n) is 10.7. The zero-order valence-corrected chi connectivity index (χ0v) is 10.7. The molecule has 0 aromatic heterocycles. The predicted octanol–water partition coefficient (Wildman–Crippen LogP) is 3.18. The van der Waals surface area contributed by atoms with Crippen molar-refractivity contribution in [2.75, 3.05) is 0 Å². The van der Waals surface area contributed by atoms with Crippen LogP contribution in [-0.2, 0) is 9.53 Å². The van der Waals surface area contributed by atoms with Crippen LogP contribution in [0.2, 0.25) is 0 Å². The van der Waals surface area contributed by atoms with Crippen LogP contribution in [0.1, 0.15) is 46.0 Å². The van der Waals surface area contributed by atoms with Gasteiger partial charge in [-0.3, -0.25) is 4.79 Å². The summed E-state index contributed by atoms with van der Waals surface area (Å²) in [6, 6.07) is 0. The molecule has 3 rings (SSSR count). The lowest BCUT2D eigenvalue weighted by Gasteiger charge is -2.52. The van der Waals surface area contributed by atoms with Crippen LogP contribution in [0.25, 0.3) is 0 Å². The van der Waals surface area contributed by atoms with E-state index in [1.807, 2.05) is 12.2 Å². The maximum Gasteiger partial charge on any atom is 0.167 e. The monoisotopic (exact) mass is 232 g/mol. The largest absolute Gasteiger partial charge is 0.363 e. The summed E-state index contributed by atoms with van der Waals surface area (Å²) >= 11 is 0. The molecule has 2 heteroatoms. The van der Waals surface area contributed by atoms with E-state index >= 15 is 0 Å². The number of hydrogen-bond donors (Lipinski definition) is 0. The molecule has 0 N–H and O–H groups in total. The Hall–Kier alpha value is -0.890. The number of allylic oxidation sites excluding steroid dienone is 2. The summed E-state index contributed by atoms with van der Waals surface area (Å²) < 4.78 is 6.40. The van der Waals surface area contributed by atoms with Gasteiger partial charge in [0, 0.05) is 5.57 Å². The number of carbonyl (C=O) groups is 1. The molecule has 1 saturated carbocycles.